The lowest BCUT2D eigenvalue weighted by Gasteiger charge is -2.37. The number of hydrogen-bond acceptors (Lipinski definition) is 6. The summed E-state index contributed by atoms with van der Waals surface area (Å²) in [4.78, 5) is 44.2. The molecule has 5 atom stereocenters. The fourth-order valence-corrected chi connectivity index (χ4v) is 5.94. The number of aliphatic hydroxyl groups excluding tert-OH is 1. The first-order chi connectivity index (χ1) is 15.9. The highest BCUT2D eigenvalue weighted by Crippen LogP contribution is 2.57. The number of aliphatic hydroxyl groups is 1. The summed E-state index contributed by atoms with van der Waals surface area (Å²) < 4.78 is 12.0. The van der Waals surface area contributed by atoms with Crippen LogP contribution in [0.4, 0.5) is 0 Å². The smallest absolute Gasteiger partial charge is 0.313 e. The fraction of sp³-hybridized carbons (Fsp3) is 0.720. The average molecular weight is 461 g/mol. The molecule has 8 nitrogen and oxygen atoms in total. The standard InChI is InChI=1S/C25H36N2O6/c1-3-4-13-26-14-9-12-25-18(19-23(31)32-17-10-11-24(19,2)33-25)21(29)27(20(25)22(26)30)15-7-5-6-8-16-28/h9-12,18-20,28H,3-8,13-17H2,1-2H3/t18-,19+,20?,24-,25-/m0/s1. The molecule has 8 heteroatoms. The molecular weight excluding hydrogens is 424 g/mol. The highest BCUT2D eigenvalue weighted by Gasteiger charge is 2.74. The second kappa shape index (κ2) is 9.58. The molecular formula is C25H36N2O6. The number of nitrogens with zero attached hydrogens (tertiary/aromatic N) is 2. The van der Waals surface area contributed by atoms with Gasteiger partial charge in [0.25, 0.3) is 0 Å². The number of unbranched alkanes of at least 4 members (excludes halogenated alkanes) is 4. The Labute approximate surface area is 195 Å². The van der Waals surface area contributed by atoms with Gasteiger partial charge in [0.2, 0.25) is 11.8 Å². The van der Waals surface area contributed by atoms with Crippen LogP contribution in [0, 0.1) is 11.8 Å². The van der Waals surface area contributed by atoms with Crippen LogP contribution in [-0.2, 0) is 23.9 Å². The molecule has 2 amide bonds. The summed E-state index contributed by atoms with van der Waals surface area (Å²) in [5.41, 5.74) is -2.21. The number of fused-ring (bicyclic) bond motifs is 2. The number of carbonyl (C=O) groups excluding carboxylic acids is 3. The Balaban J connectivity index is 1.71. The molecule has 182 valence electrons. The van der Waals surface area contributed by atoms with E-state index in [1.54, 1.807) is 11.0 Å². The van der Waals surface area contributed by atoms with Gasteiger partial charge < -0.3 is 24.4 Å². The average Bonchev–Trinajstić information content (AvgIpc) is 3.04. The molecule has 2 fully saturated rings. The molecule has 1 spiro atoms. The predicted octanol–water partition coefficient (Wildman–Crippen LogP) is 1.82. The van der Waals surface area contributed by atoms with E-state index >= 15 is 0 Å². The van der Waals surface area contributed by atoms with Crippen LogP contribution in [0.3, 0.4) is 0 Å². The van der Waals surface area contributed by atoms with E-state index in [1.807, 2.05) is 30.1 Å². The molecule has 4 aliphatic heterocycles. The molecule has 0 bridgehead atoms. The van der Waals surface area contributed by atoms with Gasteiger partial charge in [-0.15, -0.1) is 0 Å². The summed E-state index contributed by atoms with van der Waals surface area (Å²) in [6.07, 6.45) is 12.4. The summed E-state index contributed by atoms with van der Waals surface area (Å²) >= 11 is 0. The molecule has 4 heterocycles. The van der Waals surface area contributed by atoms with Gasteiger partial charge in [-0.2, -0.15) is 0 Å². The van der Waals surface area contributed by atoms with Crippen molar-refractivity contribution in [2.24, 2.45) is 11.8 Å². The molecule has 0 aromatic rings. The monoisotopic (exact) mass is 460 g/mol. The number of carbonyl (C=O) groups is 3. The quantitative estimate of drug-likeness (QED) is 0.320. The number of amides is 2. The van der Waals surface area contributed by atoms with Crippen LogP contribution in [0.1, 0.15) is 52.4 Å². The van der Waals surface area contributed by atoms with Crippen molar-refractivity contribution in [2.45, 2.75) is 69.6 Å². The third kappa shape index (κ3) is 4.01. The van der Waals surface area contributed by atoms with Gasteiger partial charge in [-0.25, -0.2) is 0 Å². The zero-order chi connectivity index (χ0) is 23.6. The van der Waals surface area contributed by atoms with Crippen LogP contribution in [0.5, 0.6) is 0 Å². The first-order valence-electron chi connectivity index (χ1n) is 12.3. The summed E-state index contributed by atoms with van der Waals surface area (Å²) in [7, 11) is 0. The Morgan fingerprint density at radius 2 is 1.79 bits per heavy atom. The van der Waals surface area contributed by atoms with E-state index < -0.39 is 35.0 Å². The maximum Gasteiger partial charge on any atom is 0.313 e. The van der Waals surface area contributed by atoms with E-state index in [-0.39, 0.29) is 25.0 Å². The van der Waals surface area contributed by atoms with Gasteiger partial charge in [0.05, 0.1) is 11.5 Å². The first kappa shape index (κ1) is 24.0. The van der Waals surface area contributed by atoms with Crippen molar-refractivity contribution >= 4 is 17.8 Å². The second-order valence-electron chi connectivity index (χ2n) is 9.74. The molecule has 1 unspecified atom stereocenters. The Morgan fingerprint density at radius 3 is 2.55 bits per heavy atom. The van der Waals surface area contributed by atoms with Gasteiger partial charge in [-0.05, 0) is 32.3 Å². The number of ether oxygens (including phenoxy) is 2. The van der Waals surface area contributed by atoms with Gasteiger partial charge in [-0.1, -0.05) is 44.4 Å². The zero-order valence-electron chi connectivity index (χ0n) is 19.7. The van der Waals surface area contributed by atoms with Gasteiger partial charge in [0, 0.05) is 26.2 Å². The first-order valence-corrected chi connectivity index (χ1v) is 12.3. The number of rotatable bonds is 9. The molecule has 0 aromatic heterocycles. The highest BCUT2D eigenvalue weighted by molar-refractivity contribution is 5.99. The van der Waals surface area contributed by atoms with Crippen molar-refractivity contribution in [1.29, 1.82) is 0 Å². The molecule has 4 rings (SSSR count). The fourth-order valence-electron chi connectivity index (χ4n) is 5.94. The topological polar surface area (TPSA) is 96.4 Å². The van der Waals surface area contributed by atoms with E-state index in [2.05, 4.69) is 6.92 Å². The molecule has 1 N–H and O–H groups in total. The minimum absolute atomic E-state index is 0.114. The van der Waals surface area contributed by atoms with E-state index in [0.717, 1.165) is 38.5 Å². The van der Waals surface area contributed by atoms with Crippen molar-refractivity contribution in [3.05, 3.63) is 24.3 Å². The third-order valence-corrected chi connectivity index (χ3v) is 7.48. The number of cyclic esters (lactones) is 1. The van der Waals surface area contributed by atoms with Crippen molar-refractivity contribution in [3.63, 3.8) is 0 Å². The Morgan fingerprint density at radius 1 is 1.00 bits per heavy atom. The summed E-state index contributed by atoms with van der Waals surface area (Å²) in [6.45, 7) is 5.71. The Hall–Kier alpha value is -2.19. The van der Waals surface area contributed by atoms with Crippen LogP contribution >= 0.6 is 0 Å². The molecule has 2 saturated heterocycles. The van der Waals surface area contributed by atoms with E-state index in [0.29, 0.717) is 19.6 Å². The van der Waals surface area contributed by atoms with Gasteiger partial charge in [0.1, 0.15) is 24.2 Å². The highest BCUT2D eigenvalue weighted by atomic mass is 16.6. The van der Waals surface area contributed by atoms with E-state index in [9.17, 15) is 14.4 Å². The van der Waals surface area contributed by atoms with Crippen molar-refractivity contribution in [2.75, 3.05) is 32.8 Å². The maximum atomic E-state index is 13.9. The SMILES string of the molecule is CCCCN1CC=C[C@]23O[C@@]4(C)C=CCOC(=O)[C@H]4[C@H]2C(=O)N(CCCCCCO)C3C1=O. The van der Waals surface area contributed by atoms with Crippen LogP contribution in [0.2, 0.25) is 0 Å². The van der Waals surface area contributed by atoms with Gasteiger partial charge in [-0.3, -0.25) is 14.4 Å². The summed E-state index contributed by atoms with van der Waals surface area (Å²) in [5, 5.41) is 9.04. The molecule has 4 aliphatic rings. The predicted molar refractivity (Wildman–Crippen MR) is 121 cm³/mol. The van der Waals surface area contributed by atoms with Crippen molar-refractivity contribution in [1.82, 2.24) is 9.80 Å². The lowest BCUT2D eigenvalue weighted by molar-refractivity contribution is -0.157. The Bertz CT molecular complexity index is 841. The minimum Gasteiger partial charge on any atom is -0.461 e. The third-order valence-electron chi connectivity index (χ3n) is 7.48. The lowest BCUT2D eigenvalue weighted by atomic mass is 9.75. The van der Waals surface area contributed by atoms with Gasteiger partial charge in [0.15, 0.2) is 0 Å². The minimum atomic E-state index is -1.19. The number of hydrogen-bond donors (Lipinski definition) is 1. The molecule has 33 heavy (non-hydrogen) atoms. The van der Waals surface area contributed by atoms with E-state index in [4.69, 9.17) is 14.6 Å². The van der Waals surface area contributed by atoms with E-state index in [1.165, 1.54) is 0 Å². The zero-order valence-corrected chi connectivity index (χ0v) is 19.7. The summed E-state index contributed by atoms with van der Waals surface area (Å²) in [5.74, 6) is -2.37. The van der Waals surface area contributed by atoms with Crippen molar-refractivity contribution < 1.29 is 29.0 Å². The molecule has 0 aromatic carbocycles. The van der Waals surface area contributed by atoms with Gasteiger partial charge >= 0.3 is 5.97 Å². The number of esters is 1. The largest absolute Gasteiger partial charge is 0.461 e. The maximum absolute atomic E-state index is 13.9. The molecule has 0 saturated carbocycles. The van der Waals surface area contributed by atoms with Crippen LogP contribution < -0.4 is 0 Å². The Kier molecular flexibility index (Phi) is 6.96. The lowest BCUT2D eigenvalue weighted by Crippen LogP contribution is -2.56. The number of likely N-dealkylation sites (tertiary alicyclic amines) is 1. The van der Waals surface area contributed by atoms with Crippen LogP contribution in [0.25, 0.3) is 0 Å². The molecule has 0 aliphatic carbocycles. The molecule has 0 radical (unpaired) electrons. The van der Waals surface area contributed by atoms with Crippen LogP contribution in [-0.4, -0.2) is 82.8 Å². The summed E-state index contributed by atoms with van der Waals surface area (Å²) in [6, 6.07) is -0.798. The van der Waals surface area contributed by atoms with Crippen molar-refractivity contribution in [3.8, 4) is 0 Å². The second-order valence-corrected chi connectivity index (χ2v) is 9.74. The van der Waals surface area contributed by atoms with Crippen LogP contribution in [0.15, 0.2) is 24.3 Å². The normalized spacial score (nSPS) is 35.2.